The minimum atomic E-state index is -4.69. The fourth-order valence-electron chi connectivity index (χ4n) is 3.71. The van der Waals surface area contributed by atoms with Crippen LogP contribution in [0.5, 0.6) is 0 Å². The summed E-state index contributed by atoms with van der Waals surface area (Å²) in [5, 5.41) is 2.45. The number of carbonyl (C=O) groups is 3. The molecule has 3 rings (SSSR count). The van der Waals surface area contributed by atoms with Gasteiger partial charge in [0.25, 0.3) is 0 Å². The molecule has 12 heteroatoms. The van der Waals surface area contributed by atoms with Gasteiger partial charge in [-0.2, -0.15) is 13.2 Å². The van der Waals surface area contributed by atoms with E-state index in [-0.39, 0.29) is 29.3 Å². The fraction of sp³-hybridized carbons (Fsp3) is 0.500. The largest absolute Gasteiger partial charge is 0.402 e. The van der Waals surface area contributed by atoms with Gasteiger partial charge >= 0.3 is 6.18 Å². The van der Waals surface area contributed by atoms with E-state index in [9.17, 15) is 36.0 Å². The monoisotopic (exact) mass is 447 g/mol. The van der Waals surface area contributed by atoms with Gasteiger partial charge in [-0.3, -0.25) is 19.3 Å². The highest BCUT2D eigenvalue weighted by Gasteiger charge is 2.48. The molecule has 2 fully saturated rings. The second-order valence-electron chi connectivity index (χ2n) is 7.27. The molecule has 0 aromatic heterocycles. The minimum Gasteiger partial charge on any atom is -0.325 e. The lowest BCUT2D eigenvalue weighted by Gasteiger charge is -2.19. The van der Waals surface area contributed by atoms with Crippen LogP contribution >= 0.6 is 0 Å². The lowest BCUT2D eigenvalue weighted by molar-refractivity contribution is -0.142. The molecule has 1 aliphatic carbocycles. The van der Waals surface area contributed by atoms with Crippen LogP contribution in [0.4, 0.5) is 18.9 Å². The van der Waals surface area contributed by atoms with E-state index in [1.54, 1.807) is 0 Å². The van der Waals surface area contributed by atoms with Crippen molar-refractivity contribution in [2.45, 2.75) is 36.8 Å². The lowest BCUT2D eigenvalue weighted by atomic mass is 9.81. The number of rotatable bonds is 6. The van der Waals surface area contributed by atoms with Gasteiger partial charge in [-0.15, -0.1) is 0 Å². The number of likely N-dealkylation sites (tertiary alicyclic amines) is 1. The number of amides is 3. The molecule has 0 radical (unpaired) electrons. The van der Waals surface area contributed by atoms with Crippen LogP contribution in [0.25, 0.3) is 0 Å². The van der Waals surface area contributed by atoms with Crippen LogP contribution in [0, 0.1) is 11.8 Å². The molecular weight excluding hydrogens is 427 g/mol. The zero-order valence-corrected chi connectivity index (χ0v) is 16.6. The predicted molar refractivity (Wildman–Crippen MR) is 98.5 cm³/mol. The summed E-state index contributed by atoms with van der Waals surface area (Å²) in [6.07, 6.45) is -1.69. The average Bonchev–Trinajstić information content (AvgIpc) is 2.92. The maximum Gasteiger partial charge on any atom is 0.402 e. The number of anilines is 1. The third-order valence-corrected chi connectivity index (χ3v) is 6.56. The topological polar surface area (TPSA) is 113 Å². The SMILES string of the molecule is O=C(CN1C(=O)C2CCCCC2C1=O)Nc1ccc(S(=O)(=O)NCC(F)(F)F)cc1. The number of hydrogen-bond donors (Lipinski definition) is 2. The number of imide groups is 1. The van der Waals surface area contributed by atoms with E-state index in [4.69, 9.17) is 0 Å². The first-order valence-corrected chi connectivity index (χ1v) is 10.8. The van der Waals surface area contributed by atoms with Crippen molar-refractivity contribution in [2.75, 3.05) is 18.4 Å². The summed E-state index contributed by atoms with van der Waals surface area (Å²) in [5.41, 5.74) is 0.172. The summed E-state index contributed by atoms with van der Waals surface area (Å²) in [6.45, 7) is -2.15. The molecule has 1 aromatic rings. The molecule has 0 bridgehead atoms. The van der Waals surface area contributed by atoms with Crippen LogP contribution in [-0.4, -0.2) is 50.3 Å². The van der Waals surface area contributed by atoms with Gasteiger partial charge in [-0.25, -0.2) is 13.1 Å². The number of carbonyl (C=O) groups excluding carboxylic acids is 3. The smallest absolute Gasteiger partial charge is 0.325 e. The van der Waals surface area contributed by atoms with Crippen molar-refractivity contribution in [3.63, 3.8) is 0 Å². The Morgan fingerprint density at radius 3 is 2.07 bits per heavy atom. The molecule has 30 heavy (non-hydrogen) atoms. The Labute approximate surface area is 170 Å². The highest BCUT2D eigenvalue weighted by Crippen LogP contribution is 2.37. The van der Waals surface area contributed by atoms with Crippen LogP contribution in [0.3, 0.4) is 0 Å². The van der Waals surface area contributed by atoms with Crippen LogP contribution < -0.4 is 10.0 Å². The standard InChI is InChI=1S/C18H20F3N3O5S/c19-18(20,21)10-22-30(28,29)12-7-5-11(6-8-12)23-15(25)9-24-16(26)13-3-1-2-4-14(13)17(24)27/h5-8,13-14,22H,1-4,9-10H2,(H,23,25). The van der Waals surface area contributed by atoms with Crippen LogP contribution in [0.15, 0.2) is 29.2 Å². The number of fused-ring (bicyclic) bond motifs is 1. The van der Waals surface area contributed by atoms with Crippen molar-refractivity contribution < 1.29 is 36.0 Å². The van der Waals surface area contributed by atoms with Gasteiger partial charge in [-0.1, -0.05) is 12.8 Å². The lowest BCUT2D eigenvalue weighted by Crippen LogP contribution is -2.38. The summed E-state index contributed by atoms with van der Waals surface area (Å²) in [7, 11) is -4.36. The molecule has 2 unspecified atom stereocenters. The molecule has 164 valence electrons. The molecule has 3 amide bonds. The van der Waals surface area contributed by atoms with E-state index in [0.717, 1.165) is 29.9 Å². The van der Waals surface area contributed by atoms with Gasteiger partial charge in [0.1, 0.15) is 13.1 Å². The molecule has 8 nitrogen and oxygen atoms in total. The maximum atomic E-state index is 12.4. The number of alkyl halides is 3. The van der Waals surface area contributed by atoms with E-state index in [0.29, 0.717) is 12.8 Å². The Kier molecular flexibility index (Phi) is 6.18. The Morgan fingerprint density at radius 2 is 1.57 bits per heavy atom. The summed E-state index contributed by atoms with van der Waals surface area (Å²) >= 11 is 0. The van der Waals surface area contributed by atoms with Crippen LogP contribution in [-0.2, 0) is 24.4 Å². The molecule has 2 N–H and O–H groups in total. The van der Waals surface area contributed by atoms with Crippen molar-refractivity contribution in [3.8, 4) is 0 Å². The summed E-state index contributed by atoms with van der Waals surface area (Å²) in [5.74, 6) is -2.07. The van der Waals surface area contributed by atoms with Crippen molar-refractivity contribution >= 4 is 33.4 Å². The van der Waals surface area contributed by atoms with E-state index in [1.165, 1.54) is 16.9 Å². The van der Waals surface area contributed by atoms with Gasteiger partial charge in [0, 0.05) is 5.69 Å². The number of hydrogen-bond acceptors (Lipinski definition) is 5. The molecule has 1 heterocycles. The fourth-order valence-corrected chi connectivity index (χ4v) is 4.72. The third kappa shape index (κ3) is 4.98. The molecule has 1 aromatic carbocycles. The highest BCUT2D eigenvalue weighted by molar-refractivity contribution is 7.89. The van der Waals surface area contributed by atoms with E-state index in [1.807, 2.05) is 0 Å². The van der Waals surface area contributed by atoms with Gasteiger partial charge < -0.3 is 5.32 Å². The zero-order chi connectivity index (χ0) is 22.1. The number of benzene rings is 1. The normalized spacial score (nSPS) is 22.2. The first kappa shape index (κ1) is 22.2. The van der Waals surface area contributed by atoms with Crippen LogP contribution in [0.2, 0.25) is 0 Å². The molecule has 2 atom stereocenters. The van der Waals surface area contributed by atoms with E-state index in [2.05, 4.69) is 5.32 Å². The van der Waals surface area contributed by atoms with Gasteiger partial charge in [-0.05, 0) is 37.1 Å². The van der Waals surface area contributed by atoms with Gasteiger partial charge in [0.05, 0.1) is 16.7 Å². The minimum absolute atomic E-state index is 0.172. The number of nitrogens with zero attached hydrogens (tertiary/aromatic N) is 1. The third-order valence-electron chi connectivity index (χ3n) is 5.15. The quantitative estimate of drug-likeness (QED) is 0.644. The Hall–Kier alpha value is -2.47. The van der Waals surface area contributed by atoms with Crippen LogP contribution in [0.1, 0.15) is 25.7 Å². The van der Waals surface area contributed by atoms with E-state index >= 15 is 0 Å². The Morgan fingerprint density at radius 1 is 1.03 bits per heavy atom. The number of halogens is 3. The number of sulfonamides is 1. The molecule has 1 aliphatic heterocycles. The molecular formula is C18H20F3N3O5S. The van der Waals surface area contributed by atoms with Crippen molar-refractivity contribution in [1.29, 1.82) is 0 Å². The Balaban J connectivity index is 1.60. The Bertz CT molecular complexity index is 923. The van der Waals surface area contributed by atoms with Crippen molar-refractivity contribution in [3.05, 3.63) is 24.3 Å². The number of nitrogens with one attached hydrogen (secondary N) is 2. The first-order chi connectivity index (χ1) is 14.0. The summed E-state index contributed by atoms with van der Waals surface area (Å²) in [6, 6.07) is 4.48. The average molecular weight is 447 g/mol. The summed E-state index contributed by atoms with van der Waals surface area (Å²) < 4.78 is 61.8. The molecule has 1 saturated carbocycles. The molecule has 1 saturated heterocycles. The molecule has 2 aliphatic rings. The van der Waals surface area contributed by atoms with Crippen molar-refractivity contribution in [2.24, 2.45) is 11.8 Å². The first-order valence-electron chi connectivity index (χ1n) is 9.29. The second-order valence-corrected chi connectivity index (χ2v) is 9.04. The highest BCUT2D eigenvalue weighted by atomic mass is 32.2. The van der Waals surface area contributed by atoms with E-state index < -0.39 is 40.1 Å². The maximum absolute atomic E-state index is 12.4. The molecule has 0 spiro atoms. The zero-order valence-electron chi connectivity index (χ0n) is 15.7. The predicted octanol–water partition coefficient (Wildman–Crippen LogP) is 1.64. The second kappa shape index (κ2) is 8.34. The summed E-state index contributed by atoms with van der Waals surface area (Å²) in [4.78, 5) is 37.6. The van der Waals surface area contributed by atoms with Gasteiger partial charge in [0.2, 0.25) is 27.7 Å². The van der Waals surface area contributed by atoms with Gasteiger partial charge in [0.15, 0.2) is 0 Å². The van der Waals surface area contributed by atoms with Crippen molar-refractivity contribution in [1.82, 2.24) is 9.62 Å².